The number of carbonyl (C=O) groups excluding carboxylic acids is 2. The molecular formula is C25H32FN3O3S. The largest absolute Gasteiger partial charge is 0.491 e. The van der Waals surface area contributed by atoms with Crippen molar-refractivity contribution in [1.29, 1.82) is 0 Å². The molecule has 1 unspecified atom stereocenters. The van der Waals surface area contributed by atoms with E-state index in [0.717, 1.165) is 24.8 Å². The van der Waals surface area contributed by atoms with Crippen LogP contribution in [0.4, 0.5) is 9.18 Å². The van der Waals surface area contributed by atoms with E-state index in [2.05, 4.69) is 5.32 Å². The number of halogens is 1. The minimum Gasteiger partial charge on any atom is -0.491 e. The highest BCUT2D eigenvalue weighted by Gasteiger charge is 2.35. The lowest BCUT2D eigenvalue weighted by Crippen LogP contribution is -2.53. The fourth-order valence-corrected chi connectivity index (χ4v) is 5.02. The molecule has 6 nitrogen and oxygen atoms in total. The number of carbonyl (C=O) groups is 2. The second kappa shape index (κ2) is 9.71. The molecule has 0 bridgehead atoms. The quantitative estimate of drug-likeness (QED) is 0.639. The summed E-state index contributed by atoms with van der Waals surface area (Å²) in [5, 5.41) is 5.02. The Morgan fingerprint density at radius 2 is 2.06 bits per heavy atom. The number of hydrogen-bond donors (Lipinski definition) is 1. The molecule has 1 aliphatic heterocycles. The Bertz CT molecular complexity index is 999. The van der Waals surface area contributed by atoms with Gasteiger partial charge in [-0.2, -0.15) is 0 Å². The van der Waals surface area contributed by atoms with Crippen molar-refractivity contribution in [2.45, 2.75) is 51.6 Å². The predicted octanol–water partition coefficient (Wildman–Crippen LogP) is 4.61. The molecule has 1 aromatic heterocycles. The van der Waals surface area contributed by atoms with Crippen LogP contribution in [0.25, 0.3) is 0 Å². The van der Waals surface area contributed by atoms with Gasteiger partial charge in [0.05, 0.1) is 6.04 Å². The number of amides is 3. The zero-order chi connectivity index (χ0) is 23.6. The zero-order valence-electron chi connectivity index (χ0n) is 19.5. The molecule has 2 aromatic rings. The first-order chi connectivity index (χ1) is 15.7. The van der Waals surface area contributed by atoms with E-state index in [4.69, 9.17) is 4.74 Å². The number of benzene rings is 1. The van der Waals surface area contributed by atoms with Gasteiger partial charge in [0.1, 0.15) is 24.7 Å². The van der Waals surface area contributed by atoms with E-state index < -0.39 is 0 Å². The van der Waals surface area contributed by atoms with Gasteiger partial charge in [-0.1, -0.05) is 6.07 Å². The molecule has 1 saturated carbocycles. The third-order valence-corrected chi connectivity index (χ3v) is 6.89. The van der Waals surface area contributed by atoms with E-state index >= 15 is 0 Å². The van der Waals surface area contributed by atoms with Crippen LogP contribution >= 0.6 is 11.3 Å². The number of hydrogen-bond acceptors (Lipinski definition) is 4. The Labute approximate surface area is 198 Å². The Morgan fingerprint density at radius 3 is 2.76 bits per heavy atom. The van der Waals surface area contributed by atoms with Gasteiger partial charge in [-0.25, -0.2) is 9.18 Å². The molecule has 0 radical (unpaired) electrons. The van der Waals surface area contributed by atoms with Crippen molar-refractivity contribution in [3.05, 3.63) is 52.0 Å². The summed E-state index contributed by atoms with van der Waals surface area (Å²) in [6, 6.07) is 7.59. The van der Waals surface area contributed by atoms with Gasteiger partial charge in [0.25, 0.3) is 0 Å². The van der Waals surface area contributed by atoms with E-state index in [-0.39, 0.29) is 42.5 Å². The summed E-state index contributed by atoms with van der Waals surface area (Å²) in [6.07, 6.45) is 2.98. The third kappa shape index (κ3) is 6.25. The molecule has 2 aliphatic rings. The van der Waals surface area contributed by atoms with Crippen LogP contribution in [-0.2, 0) is 11.2 Å². The molecule has 4 rings (SSSR count). The number of fused-ring (bicyclic) bond motifs is 1. The first kappa shape index (κ1) is 23.5. The van der Waals surface area contributed by atoms with Gasteiger partial charge in [-0.15, -0.1) is 11.3 Å². The molecule has 8 heteroatoms. The highest BCUT2D eigenvalue weighted by molar-refractivity contribution is 7.10. The summed E-state index contributed by atoms with van der Waals surface area (Å²) in [5.74, 6) is 0.454. The van der Waals surface area contributed by atoms with Crippen molar-refractivity contribution in [1.82, 2.24) is 15.1 Å². The Kier molecular flexibility index (Phi) is 6.93. The van der Waals surface area contributed by atoms with Crippen LogP contribution in [0, 0.1) is 11.7 Å². The molecule has 1 aromatic carbocycles. The normalized spacial score (nSPS) is 17.9. The van der Waals surface area contributed by atoms with E-state index in [9.17, 15) is 14.0 Å². The minimum absolute atomic E-state index is 0.0361. The molecule has 2 heterocycles. The van der Waals surface area contributed by atoms with Gasteiger partial charge in [0, 0.05) is 29.6 Å². The average Bonchev–Trinajstić information content (AvgIpc) is 3.43. The van der Waals surface area contributed by atoms with E-state index in [1.54, 1.807) is 28.4 Å². The smallest absolute Gasteiger partial charge is 0.318 e. The first-order valence-corrected chi connectivity index (χ1v) is 12.4. The molecule has 1 atom stereocenters. The lowest BCUT2D eigenvalue weighted by Gasteiger charge is -2.37. The molecule has 0 spiro atoms. The summed E-state index contributed by atoms with van der Waals surface area (Å²) in [7, 11) is 0. The first-order valence-electron chi connectivity index (χ1n) is 11.5. The van der Waals surface area contributed by atoms with Crippen molar-refractivity contribution in [2.24, 2.45) is 5.92 Å². The van der Waals surface area contributed by atoms with Crippen LogP contribution in [0.3, 0.4) is 0 Å². The summed E-state index contributed by atoms with van der Waals surface area (Å²) >= 11 is 1.68. The topological polar surface area (TPSA) is 61.9 Å². The van der Waals surface area contributed by atoms with E-state index in [0.29, 0.717) is 24.8 Å². The Hall–Kier alpha value is -2.61. The minimum atomic E-state index is -0.375. The molecule has 1 N–H and O–H groups in total. The molecule has 3 amide bonds. The highest BCUT2D eigenvalue weighted by Crippen LogP contribution is 2.34. The second-order valence-corrected chi connectivity index (χ2v) is 10.9. The number of rotatable bonds is 7. The van der Waals surface area contributed by atoms with Crippen LogP contribution in [0.5, 0.6) is 5.75 Å². The van der Waals surface area contributed by atoms with Crippen LogP contribution in [0.2, 0.25) is 0 Å². The monoisotopic (exact) mass is 473 g/mol. The maximum absolute atomic E-state index is 13.6. The number of nitrogens with one attached hydrogen (secondary N) is 1. The number of urea groups is 1. The highest BCUT2D eigenvalue weighted by atomic mass is 32.1. The molecule has 1 fully saturated rings. The maximum Gasteiger partial charge on any atom is 0.318 e. The van der Waals surface area contributed by atoms with Crippen LogP contribution in [-0.4, -0.2) is 53.5 Å². The van der Waals surface area contributed by atoms with E-state index in [1.165, 1.54) is 17.0 Å². The van der Waals surface area contributed by atoms with E-state index in [1.807, 2.05) is 37.1 Å². The molecule has 0 saturated heterocycles. The number of nitrogens with zero attached hydrogens (tertiary/aromatic N) is 2. The summed E-state index contributed by atoms with van der Waals surface area (Å²) in [4.78, 5) is 31.1. The summed E-state index contributed by atoms with van der Waals surface area (Å²) in [5.41, 5.74) is 0.698. The van der Waals surface area contributed by atoms with Crippen molar-refractivity contribution in [3.8, 4) is 5.75 Å². The SMILES string of the molecule is CC(C)(C)NC(=O)N(CC(=O)N1CCc2sccc2C1COc1cccc(F)c1)CC1CC1. The second-order valence-electron chi connectivity index (χ2n) is 9.92. The van der Waals surface area contributed by atoms with Crippen LogP contribution < -0.4 is 10.1 Å². The summed E-state index contributed by atoms with van der Waals surface area (Å²) in [6.45, 7) is 7.24. The molecule has 33 heavy (non-hydrogen) atoms. The zero-order valence-corrected chi connectivity index (χ0v) is 20.3. The van der Waals surface area contributed by atoms with Crippen molar-refractivity contribution < 1.29 is 18.7 Å². The fraction of sp³-hybridized carbons (Fsp3) is 0.520. The average molecular weight is 474 g/mol. The van der Waals surface area contributed by atoms with Gasteiger partial charge in [-0.3, -0.25) is 4.79 Å². The van der Waals surface area contributed by atoms with Gasteiger partial charge in [0.15, 0.2) is 0 Å². The van der Waals surface area contributed by atoms with Gasteiger partial charge in [0.2, 0.25) is 5.91 Å². The fourth-order valence-electron chi connectivity index (χ4n) is 4.09. The van der Waals surface area contributed by atoms with Crippen LogP contribution in [0.1, 0.15) is 50.1 Å². The van der Waals surface area contributed by atoms with Gasteiger partial charge in [-0.05, 0) is 75.1 Å². The molecular weight excluding hydrogens is 441 g/mol. The number of thiophene rings is 1. The van der Waals surface area contributed by atoms with Gasteiger partial charge >= 0.3 is 6.03 Å². The lowest BCUT2D eigenvalue weighted by molar-refractivity contribution is -0.135. The van der Waals surface area contributed by atoms with Gasteiger partial charge < -0.3 is 19.9 Å². The van der Waals surface area contributed by atoms with Crippen LogP contribution in [0.15, 0.2) is 35.7 Å². The van der Waals surface area contributed by atoms with Crippen molar-refractivity contribution in [3.63, 3.8) is 0 Å². The standard InChI is InChI=1S/C25H32FN3O3S/c1-25(2,3)27-24(31)28(14-17-7-8-17)15-23(30)29-11-9-22-20(10-12-33-22)21(29)16-32-19-6-4-5-18(26)13-19/h4-6,10,12-13,17,21H,7-9,11,14-16H2,1-3H3,(H,27,31). The lowest BCUT2D eigenvalue weighted by atomic mass is 10.0. The summed E-state index contributed by atoms with van der Waals surface area (Å²) < 4.78 is 19.5. The third-order valence-electron chi connectivity index (χ3n) is 5.89. The molecule has 178 valence electrons. The Morgan fingerprint density at radius 1 is 1.27 bits per heavy atom. The Balaban J connectivity index is 1.49. The molecule has 1 aliphatic carbocycles. The van der Waals surface area contributed by atoms with Crippen molar-refractivity contribution in [2.75, 3.05) is 26.2 Å². The maximum atomic E-state index is 13.6. The van der Waals surface area contributed by atoms with Crippen molar-refractivity contribution >= 4 is 23.3 Å². The predicted molar refractivity (Wildman–Crippen MR) is 127 cm³/mol. The number of ether oxygens (including phenoxy) is 1.